The maximum atomic E-state index is 9.74. The molecule has 2 bridgehead atoms. The highest BCUT2D eigenvalue weighted by molar-refractivity contribution is 5.13. The lowest BCUT2D eigenvalue weighted by Gasteiger charge is -2.40. The van der Waals surface area contributed by atoms with Crippen LogP contribution in [0, 0.1) is 17.8 Å². The molecule has 60 valence electrons. The van der Waals surface area contributed by atoms with Gasteiger partial charge in [0.25, 0.3) is 0 Å². The molecule has 0 spiro atoms. The van der Waals surface area contributed by atoms with Crippen molar-refractivity contribution in [1.82, 2.24) is 0 Å². The van der Waals surface area contributed by atoms with E-state index in [1.54, 1.807) is 0 Å². The van der Waals surface area contributed by atoms with Crippen LogP contribution in [-0.4, -0.2) is 11.2 Å². The van der Waals surface area contributed by atoms with Crippen LogP contribution in [-0.2, 0) is 0 Å². The Morgan fingerprint density at radius 3 is 2.27 bits per heavy atom. The summed E-state index contributed by atoms with van der Waals surface area (Å²) in [5, 5.41) is 9.74. The molecule has 1 fully saturated rings. The Balaban J connectivity index is 2.26. The number of hydrogen-bond donors (Lipinski definition) is 1. The smallest absolute Gasteiger partial charge is 0.0670 e. The third-order valence-electron chi connectivity index (χ3n) is 3.04. The predicted molar refractivity (Wildman–Crippen MR) is 45.0 cm³/mol. The average molecular weight is 150 g/mol. The van der Waals surface area contributed by atoms with Crippen molar-refractivity contribution in [3.05, 3.63) is 24.8 Å². The fourth-order valence-electron chi connectivity index (χ4n) is 2.32. The topological polar surface area (TPSA) is 20.2 Å². The van der Waals surface area contributed by atoms with Crippen LogP contribution in [0.5, 0.6) is 0 Å². The molecule has 0 radical (unpaired) electrons. The normalized spacial score (nSPS) is 47.7. The van der Waals surface area contributed by atoms with Crippen LogP contribution in [0.15, 0.2) is 24.8 Å². The summed E-state index contributed by atoms with van der Waals surface area (Å²) in [4.78, 5) is 0. The van der Waals surface area contributed by atoms with Gasteiger partial charge in [-0.15, -0.1) is 6.58 Å². The quantitative estimate of drug-likeness (QED) is 0.564. The van der Waals surface area contributed by atoms with E-state index in [-0.39, 0.29) is 6.10 Å². The largest absolute Gasteiger partial charge is 0.392 e. The molecule has 3 rings (SSSR count). The molecule has 0 aromatic rings. The Kier molecular flexibility index (Phi) is 1.61. The van der Waals surface area contributed by atoms with Crippen molar-refractivity contribution in [3.63, 3.8) is 0 Å². The number of hydrogen-bond acceptors (Lipinski definition) is 1. The SMILES string of the molecule is C=CC1C2C=CC(CC2)C1O. The number of fused-ring (bicyclic) bond motifs is 2. The van der Waals surface area contributed by atoms with Gasteiger partial charge in [0.1, 0.15) is 0 Å². The zero-order valence-corrected chi connectivity index (χ0v) is 6.61. The van der Waals surface area contributed by atoms with Crippen molar-refractivity contribution in [2.75, 3.05) is 0 Å². The molecule has 3 aliphatic rings. The van der Waals surface area contributed by atoms with Crippen molar-refractivity contribution in [2.24, 2.45) is 17.8 Å². The van der Waals surface area contributed by atoms with Gasteiger partial charge in [0.15, 0.2) is 0 Å². The second-order valence-electron chi connectivity index (χ2n) is 3.59. The van der Waals surface area contributed by atoms with Crippen LogP contribution in [0.1, 0.15) is 12.8 Å². The number of aliphatic hydroxyl groups is 1. The number of rotatable bonds is 1. The summed E-state index contributed by atoms with van der Waals surface area (Å²) in [6.07, 6.45) is 8.55. The van der Waals surface area contributed by atoms with E-state index >= 15 is 0 Å². The van der Waals surface area contributed by atoms with E-state index in [4.69, 9.17) is 0 Å². The lowest BCUT2D eigenvalue weighted by atomic mass is 9.67. The summed E-state index contributed by atoms with van der Waals surface area (Å²) < 4.78 is 0. The van der Waals surface area contributed by atoms with Crippen LogP contribution in [0.2, 0.25) is 0 Å². The summed E-state index contributed by atoms with van der Waals surface area (Å²) in [5.41, 5.74) is 0. The number of aliphatic hydroxyl groups excluding tert-OH is 1. The zero-order chi connectivity index (χ0) is 7.84. The van der Waals surface area contributed by atoms with E-state index in [0.717, 1.165) is 6.42 Å². The summed E-state index contributed by atoms with van der Waals surface area (Å²) in [5.74, 6) is 1.29. The standard InChI is InChI=1S/C10H14O/c1-2-9-7-3-5-8(6-4-7)10(9)11/h2-3,5,7-11H,1,4,6H2. The number of allylic oxidation sites excluding steroid dienone is 1. The first-order valence-electron chi connectivity index (χ1n) is 4.32. The third kappa shape index (κ3) is 0.951. The highest BCUT2D eigenvalue weighted by Gasteiger charge is 2.37. The molecule has 11 heavy (non-hydrogen) atoms. The lowest BCUT2D eigenvalue weighted by Crippen LogP contribution is -2.39. The molecule has 1 nitrogen and oxygen atoms in total. The molecule has 0 aliphatic heterocycles. The molecular weight excluding hydrogens is 136 g/mol. The molecule has 0 amide bonds. The maximum absolute atomic E-state index is 9.74. The van der Waals surface area contributed by atoms with Gasteiger partial charge in [-0.2, -0.15) is 0 Å². The molecule has 3 aliphatic carbocycles. The van der Waals surface area contributed by atoms with Crippen LogP contribution in [0.4, 0.5) is 0 Å². The first kappa shape index (κ1) is 7.11. The van der Waals surface area contributed by atoms with Crippen molar-refractivity contribution >= 4 is 0 Å². The minimum atomic E-state index is -0.156. The maximum Gasteiger partial charge on any atom is 0.0670 e. The van der Waals surface area contributed by atoms with Crippen LogP contribution in [0.25, 0.3) is 0 Å². The summed E-state index contributed by atoms with van der Waals surface area (Å²) >= 11 is 0. The Bertz CT molecular complexity index is 195. The fourth-order valence-corrected chi connectivity index (χ4v) is 2.32. The molecule has 4 atom stereocenters. The van der Waals surface area contributed by atoms with Crippen LogP contribution in [0.3, 0.4) is 0 Å². The fraction of sp³-hybridized carbons (Fsp3) is 0.600. The monoisotopic (exact) mass is 150 g/mol. The molecule has 0 aromatic heterocycles. The lowest BCUT2D eigenvalue weighted by molar-refractivity contribution is 0.0278. The van der Waals surface area contributed by atoms with E-state index in [2.05, 4.69) is 18.7 Å². The Hall–Kier alpha value is -0.560. The predicted octanol–water partition coefficient (Wildman–Crippen LogP) is 1.75. The minimum absolute atomic E-state index is 0.156. The molecule has 0 saturated heterocycles. The molecule has 0 heterocycles. The van der Waals surface area contributed by atoms with Crippen molar-refractivity contribution < 1.29 is 5.11 Å². The van der Waals surface area contributed by atoms with Gasteiger partial charge in [0, 0.05) is 11.8 Å². The first-order valence-corrected chi connectivity index (χ1v) is 4.32. The Morgan fingerprint density at radius 2 is 1.91 bits per heavy atom. The van der Waals surface area contributed by atoms with Crippen LogP contribution < -0.4 is 0 Å². The molecule has 1 heteroatoms. The average Bonchev–Trinajstić information content (AvgIpc) is 2.06. The summed E-state index contributed by atoms with van der Waals surface area (Å²) in [6.45, 7) is 3.76. The van der Waals surface area contributed by atoms with Gasteiger partial charge in [0.05, 0.1) is 6.10 Å². The van der Waals surface area contributed by atoms with Crippen molar-refractivity contribution in [3.8, 4) is 0 Å². The molecule has 1 saturated carbocycles. The zero-order valence-electron chi connectivity index (χ0n) is 6.61. The highest BCUT2D eigenvalue weighted by Crippen LogP contribution is 2.40. The van der Waals surface area contributed by atoms with E-state index in [1.807, 2.05) is 6.08 Å². The van der Waals surface area contributed by atoms with E-state index in [1.165, 1.54) is 6.42 Å². The summed E-state index contributed by atoms with van der Waals surface area (Å²) in [6, 6.07) is 0. The molecule has 4 unspecified atom stereocenters. The Morgan fingerprint density at radius 1 is 1.27 bits per heavy atom. The van der Waals surface area contributed by atoms with E-state index in [9.17, 15) is 5.11 Å². The van der Waals surface area contributed by atoms with Gasteiger partial charge < -0.3 is 5.11 Å². The van der Waals surface area contributed by atoms with Gasteiger partial charge in [-0.1, -0.05) is 18.2 Å². The van der Waals surface area contributed by atoms with Gasteiger partial charge in [0.2, 0.25) is 0 Å². The van der Waals surface area contributed by atoms with Gasteiger partial charge in [-0.25, -0.2) is 0 Å². The van der Waals surface area contributed by atoms with Gasteiger partial charge in [-0.05, 0) is 18.8 Å². The van der Waals surface area contributed by atoms with E-state index < -0.39 is 0 Å². The third-order valence-corrected chi connectivity index (χ3v) is 3.04. The van der Waals surface area contributed by atoms with Crippen LogP contribution >= 0.6 is 0 Å². The van der Waals surface area contributed by atoms with Crippen molar-refractivity contribution in [2.45, 2.75) is 18.9 Å². The second-order valence-corrected chi connectivity index (χ2v) is 3.59. The van der Waals surface area contributed by atoms with Crippen molar-refractivity contribution in [1.29, 1.82) is 0 Å². The first-order chi connectivity index (χ1) is 5.33. The summed E-state index contributed by atoms with van der Waals surface area (Å²) in [7, 11) is 0. The van der Waals surface area contributed by atoms with E-state index in [0.29, 0.717) is 17.8 Å². The highest BCUT2D eigenvalue weighted by atomic mass is 16.3. The molecule has 1 N–H and O–H groups in total. The minimum Gasteiger partial charge on any atom is -0.392 e. The second kappa shape index (κ2) is 2.49. The van der Waals surface area contributed by atoms with Gasteiger partial charge >= 0.3 is 0 Å². The molecular formula is C10H14O. The molecule has 0 aromatic carbocycles. The van der Waals surface area contributed by atoms with Gasteiger partial charge in [-0.3, -0.25) is 0 Å². The Labute approximate surface area is 67.4 Å².